The maximum absolute atomic E-state index is 8.46. The lowest BCUT2D eigenvalue weighted by Crippen LogP contribution is -2.16. The summed E-state index contributed by atoms with van der Waals surface area (Å²) in [4.78, 5) is 7.99. The summed E-state index contributed by atoms with van der Waals surface area (Å²) < 4.78 is 5.18. The number of nitrogens with zero attached hydrogens (tertiary/aromatic N) is 3. The molecular weight excluding hydrogens is 184 g/mol. The molecule has 3 N–H and O–H groups in total. The number of nitrogens with two attached hydrogens (primary N) is 1. The number of amidine groups is 1. The Kier molecular flexibility index (Phi) is 3.22. The number of ether oxygens (including phenoxy) is 1. The summed E-state index contributed by atoms with van der Waals surface area (Å²) in [6, 6.07) is 1.52. The highest BCUT2D eigenvalue weighted by molar-refractivity contribution is 5.95. The van der Waals surface area contributed by atoms with E-state index in [4.69, 9.17) is 15.7 Å². The van der Waals surface area contributed by atoms with Crippen LogP contribution in [0.5, 0.6) is 5.88 Å². The average Bonchev–Trinajstić information content (AvgIpc) is 2.16. The van der Waals surface area contributed by atoms with Gasteiger partial charge in [0.25, 0.3) is 0 Å². The summed E-state index contributed by atoms with van der Waals surface area (Å²) >= 11 is 0. The van der Waals surface area contributed by atoms with Gasteiger partial charge < -0.3 is 15.7 Å². The van der Waals surface area contributed by atoms with Crippen molar-refractivity contribution in [3.63, 3.8) is 0 Å². The van der Waals surface area contributed by atoms with E-state index in [9.17, 15) is 0 Å². The Bertz CT molecular complexity index is 351. The van der Waals surface area contributed by atoms with E-state index in [1.54, 1.807) is 6.92 Å². The van der Waals surface area contributed by atoms with Crippen molar-refractivity contribution in [3.05, 3.63) is 17.6 Å². The van der Waals surface area contributed by atoms with Crippen LogP contribution >= 0.6 is 0 Å². The minimum atomic E-state index is -0.0588. The molecule has 0 atom stereocenters. The minimum absolute atomic E-state index is 0.0588. The second-order valence-electron chi connectivity index (χ2n) is 2.56. The first kappa shape index (κ1) is 10.2. The molecule has 76 valence electrons. The number of hydrogen-bond donors (Lipinski definition) is 2. The molecule has 0 bridgehead atoms. The van der Waals surface area contributed by atoms with Crippen molar-refractivity contribution in [3.8, 4) is 5.88 Å². The number of hydrogen-bond acceptors (Lipinski definition) is 5. The molecule has 0 radical (unpaired) electrons. The fraction of sp³-hybridized carbons (Fsp3) is 0.375. The first-order valence-electron chi connectivity index (χ1n) is 4.13. The Morgan fingerprint density at radius 3 is 2.93 bits per heavy atom. The smallest absolute Gasteiger partial charge is 0.217 e. The van der Waals surface area contributed by atoms with Gasteiger partial charge in [-0.05, 0) is 13.8 Å². The third-order valence-electron chi connectivity index (χ3n) is 1.48. The molecular formula is C8H12N4O2. The molecule has 6 nitrogen and oxygen atoms in total. The third kappa shape index (κ3) is 2.32. The molecule has 0 fully saturated rings. The lowest BCUT2D eigenvalue weighted by atomic mass is 10.3. The summed E-state index contributed by atoms with van der Waals surface area (Å²) in [5, 5.41) is 11.3. The van der Waals surface area contributed by atoms with Gasteiger partial charge in [-0.1, -0.05) is 5.16 Å². The zero-order valence-electron chi connectivity index (χ0n) is 8.06. The van der Waals surface area contributed by atoms with Crippen LogP contribution in [0.2, 0.25) is 0 Å². The van der Waals surface area contributed by atoms with Crippen molar-refractivity contribution in [1.29, 1.82) is 0 Å². The van der Waals surface area contributed by atoms with E-state index < -0.39 is 0 Å². The van der Waals surface area contributed by atoms with Crippen LogP contribution in [0.25, 0.3) is 0 Å². The van der Waals surface area contributed by atoms with Crippen LogP contribution in [0, 0.1) is 6.92 Å². The third-order valence-corrected chi connectivity index (χ3v) is 1.48. The second kappa shape index (κ2) is 4.40. The first-order valence-corrected chi connectivity index (χ1v) is 4.13. The summed E-state index contributed by atoms with van der Waals surface area (Å²) in [7, 11) is 0. The highest BCUT2D eigenvalue weighted by Crippen LogP contribution is 2.08. The standard InChI is InChI=1S/C8H12N4O2/c1-3-14-7-4-6(8(9)12-13)10-5(2)11-7/h4,13H,3H2,1-2H3,(H2,9,12). The number of rotatable bonds is 3. The van der Waals surface area contributed by atoms with Gasteiger partial charge in [-0.2, -0.15) is 4.98 Å². The lowest BCUT2D eigenvalue weighted by Gasteiger charge is -2.04. The molecule has 0 aliphatic heterocycles. The van der Waals surface area contributed by atoms with Crippen LogP contribution in [0.1, 0.15) is 18.4 Å². The van der Waals surface area contributed by atoms with Gasteiger partial charge in [0.2, 0.25) is 5.88 Å². The van der Waals surface area contributed by atoms with E-state index in [1.165, 1.54) is 6.07 Å². The fourth-order valence-electron chi connectivity index (χ4n) is 0.945. The quantitative estimate of drug-likeness (QED) is 0.313. The van der Waals surface area contributed by atoms with Gasteiger partial charge in [0, 0.05) is 6.07 Å². The predicted molar refractivity (Wildman–Crippen MR) is 50.4 cm³/mol. The van der Waals surface area contributed by atoms with Crippen LogP contribution in [0.3, 0.4) is 0 Å². The van der Waals surface area contributed by atoms with E-state index >= 15 is 0 Å². The van der Waals surface area contributed by atoms with Crippen molar-refractivity contribution in [2.75, 3.05) is 6.61 Å². The van der Waals surface area contributed by atoms with Crippen LogP contribution < -0.4 is 10.5 Å². The topological polar surface area (TPSA) is 93.6 Å². The molecule has 0 aliphatic rings. The van der Waals surface area contributed by atoms with Crippen LogP contribution in [0.15, 0.2) is 11.2 Å². The molecule has 0 unspecified atom stereocenters. The first-order chi connectivity index (χ1) is 6.67. The van der Waals surface area contributed by atoms with Gasteiger partial charge in [0.15, 0.2) is 5.84 Å². The lowest BCUT2D eigenvalue weighted by molar-refractivity contribution is 0.317. The highest BCUT2D eigenvalue weighted by Gasteiger charge is 2.05. The Morgan fingerprint density at radius 1 is 1.64 bits per heavy atom. The summed E-state index contributed by atoms with van der Waals surface area (Å²) in [6.07, 6.45) is 0. The van der Waals surface area contributed by atoms with E-state index in [0.29, 0.717) is 24.0 Å². The van der Waals surface area contributed by atoms with Gasteiger partial charge >= 0.3 is 0 Å². The Balaban J connectivity index is 3.07. The number of aryl methyl sites for hydroxylation is 1. The van der Waals surface area contributed by atoms with Crippen LogP contribution in [-0.4, -0.2) is 27.6 Å². The zero-order chi connectivity index (χ0) is 10.6. The van der Waals surface area contributed by atoms with E-state index in [2.05, 4.69) is 15.1 Å². The van der Waals surface area contributed by atoms with E-state index in [-0.39, 0.29) is 5.84 Å². The molecule has 6 heteroatoms. The largest absolute Gasteiger partial charge is 0.478 e. The Hall–Kier alpha value is -1.85. The zero-order valence-corrected chi connectivity index (χ0v) is 8.06. The van der Waals surface area contributed by atoms with Gasteiger partial charge in [0.05, 0.1) is 6.61 Å². The van der Waals surface area contributed by atoms with Crippen LogP contribution in [0.4, 0.5) is 0 Å². The SMILES string of the molecule is CCOc1cc(/C(N)=N\O)nc(C)n1. The molecule has 0 saturated heterocycles. The summed E-state index contributed by atoms with van der Waals surface area (Å²) in [5.41, 5.74) is 5.73. The molecule has 1 rings (SSSR count). The molecule has 0 amide bonds. The van der Waals surface area contributed by atoms with Crippen molar-refractivity contribution < 1.29 is 9.94 Å². The molecule has 0 saturated carbocycles. The molecule has 0 spiro atoms. The maximum atomic E-state index is 8.46. The molecule has 1 heterocycles. The second-order valence-corrected chi connectivity index (χ2v) is 2.56. The summed E-state index contributed by atoms with van der Waals surface area (Å²) in [5.74, 6) is 0.871. The van der Waals surface area contributed by atoms with Gasteiger partial charge in [-0.3, -0.25) is 0 Å². The predicted octanol–water partition coefficient (Wildman–Crippen LogP) is 0.278. The van der Waals surface area contributed by atoms with E-state index in [1.807, 2.05) is 6.92 Å². The van der Waals surface area contributed by atoms with Gasteiger partial charge in [0.1, 0.15) is 11.5 Å². The Labute approximate surface area is 81.4 Å². The van der Waals surface area contributed by atoms with Gasteiger partial charge in [-0.25, -0.2) is 4.98 Å². The molecule has 0 aromatic carbocycles. The summed E-state index contributed by atoms with van der Waals surface area (Å²) in [6.45, 7) is 4.06. The van der Waals surface area contributed by atoms with Crippen LogP contribution in [-0.2, 0) is 0 Å². The fourth-order valence-corrected chi connectivity index (χ4v) is 0.945. The van der Waals surface area contributed by atoms with Crippen molar-refractivity contribution >= 4 is 5.84 Å². The van der Waals surface area contributed by atoms with E-state index in [0.717, 1.165) is 0 Å². The number of oxime groups is 1. The maximum Gasteiger partial charge on any atom is 0.217 e. The van der Waals surface area contributed by atoms with Crippen molar-refractivity contribution in [2.24, 2.45) is 10.9 Å². The molecule has 1 aromatic rings. The van der Waals surface area contributed by atoms with Gasteiger partial charge in [-0.15, -0.1) is 0 Å². The highest BCUT2D eigenvalue weighted by atomic mass is 16.5. The normalized spacial score (nSPS) is 11.4. The molecule has 0 aliphatic carbocycles. The van der Waals surface area contributed by atoms with Crippen molar-refractivity contribution in [1.82, 2.24) is 9.97 Å². The average molecular weight is 196 g/mol. The minimum Gasteiger partial charge on any atom is -0.478 e. The number of aromatic nitrogens is 2. The molecule has 1 aromatic heterocycles. The van der Waals surface area contributed by atoms with Crippen molar-refractivity contribution in [2.45, 2.75) is 13.8 Å². The molecule has 14 heavy (non-hydrogen) atoms. The monoisotopic (exact) mass is 196 g/mol. The Morgan fingerprint density at radius 2 is 2.36 bits per heavy atom.